The number of nitrogens with two attached hydrogens (primary N) is 2. The number of aryl methyl sites for hydroxylation is 1. The molecule has 82 valence electrons. The number of nitrogen functional groups attached to an aromatic ring is 2. The van der Waals surface area contributed by atoms with Crippen molar-refractivity contribution in [2.24, 2.45) is 0 Å². The van der Waals surface area contributed by atoms with Gasteiger partial charge in [0.1, 0.15) is 0 Å². The number of anilines is 2. The van der Waals surface area contributed by atoms with Gasteiger partial charge in [-0.2, -0.15) is 0 Å². The van der Waals surface area contributed by atoms with E-state index >= 15 is 0 Å². The number of benzene rings is 1. The molecule has 0 aliphatic rings. The van der Waals surface area contributed by atoms with E-state index in [2.05, 4.69) is 0 Å². The first-order valence-electron chi connectivity index (χ1n) is 4.84. The fourth-order valence-corrected chi connectivity index (χ4v) is 1.35. The van der Waals surface area contributed by atoms with Gasteiger partial charge in [0.2, 0.25) is 0 Å². The minimum Gasteiger partial charge on any atom is -0.466 e. The Bertz CT molecular complexity index is 375. The second kappa shape index (κ2) is 4.68. The smallest absolute Gasteiger partial charge is 0.310 e. The van der Waals surface area contributed by atoms with Crippen LogP contribution in [0.4, 0.5) is 11.4 Å². The SMILES string of the molecule is CCOC(=O)Cc1cc(N)c(N)cc1C. The second-order valence-electron chi connectivity index (χ2n) is 3.39. The lowest BCUT2D eigenvalue weighted by molar-refractivity contribution is -0.142. The topological polar surface area (TPSA) is 78.3 Å². The van der Waals surface area contributed by atoms with E-state index in [1.807, 2.05) is 6.92 Å². The zero-order valence-electron chi connectivity index (χ0n) is 9.04. The van der Waals surface area contributed by atoms with Crippen molar-refractivity contribution in [3.05, 3.63) is 23.3 Å². The number of hydrogen-bond donors (Lipinski definition) is 2. The third-order valence-electron chi connectivity index (χ3n) is 2.18. The fraction of sp³-hybridized carbons (Fsp3) is 0.364. The van der Waals surface area contributed by atoms with Crippen molar-refractivity contribution in [1.82, 2.24) is 0 Å². The third kappa shape index (κ3) is 2.87. The van der Waals surface area contributed by atoms with Gasteiger partial charge in [-0.05, 0) is 37.1 Å². The zero-order chi connectivity index (χ0) is 11.4. The van der Waals surface area contributed by atoms with Crippen LogP contribution in [0.2, 0.25) is 0 Å². The summed E-state index contributed by atoms with van der Waals surface area (Å²) >= 11 is 0. The lowest BCUT2D eigenvalue weighted by atomic mass is 10.0. The number of carbonyl (C=O) groups is 1. The van der Waals surface area contributed by atoms with Crippen molar-refractivity contribution in [3.63, 3.8) is 0 Å². The molecule has 0 saturated carbocycles. The molecule has 0 heterocycles. The van der Waals surface area contributed by atoms with Crippen LogP contribution in [0.15, 0.2) is 12.1 Å². The summed E-state index contributed by atoms with van der Waals surface area (Å²) in [5, 5.41) is 0. The van der Waals surface area contributed by atoms with Gasteiger partial charge in [0.05, 0.1) is 24.4 Å². The largest absolute Gasteiger partial charge is 0.466 e. The van der Waals surface area contributed by atoms with Crippen LogP contribution in [0.3, 0.4) is 0 Å². The number of rotatable bonds is 3. The third-order valence-corrected chi connectivity index (χ3v) is 2.18. The molecule has 1 aromatic carbocycles. The van der Waals surface area contributed by atoms with E-state index < -0.39 is 0 Å². The van der Waals surface area contributed by atoms with Crippen LogP contribution in [-0.4, -0.2) is 12.6 Å². The van der Waals surface area contributed by atoms with Crippen LogP contribution >= 0.6 is 0 Å². The van der Waals surface area contributed by atoms with Gasteiger partial charge in [-0.1, -0.05) is 0 Å². The molecule has 0 spiro atoms. The highest BCUT2D eigenvalue weighted by Gasteiger charge is 2.08. The second-order valence-corrected chi connectivity index (χ2v) is 3.39. The predicted octanol–water partition coefficient (Wildman–Crippen LogP) is 1.27. The molecule has 0 unspecified atom stereocenters. The Hall–Kier alpha value is -1.71. The first-order valence-corrected chi connectivity index (χ1v) is 4.84. The maximum Gasteiger partial charge on any atom is 0.310 e. The van der Waals surface area contributed by atoms with Crippen molar-refractivity contribution < 1.29 is 9.53 Å². The molecule has 1 aromatic rings. The molecular weight excluding hydrogens is 192 g/mol. The molecule has 1 rings (SSSR count). The fourth-order valence-electron chi connectivity index (χ4n) is 1.35. The van der Waals surface area contributed by atoms with Gasteiger partial charge in [0, 0.05) is 0 Å². The summed E-state index contributed by atoms with van der Waals surface area (Å²) in [6.45, 7) is 4.06. The summed E-state index contributed by atoms with van der Waals surface area (Å²) in [5.41, 5.74) is 14.2. The van der Waals surface area contributed by atoms with E-state index in [1.165, 1.54) is 0 Å². The van der Waals surface area contributed by atoms with Gasteiger partial charge in [-0.15, -0.1) is 0 Å². The molecule has 0 fully saturated rings. The van der Waals surface area contributed by atoms with Gasteiger partial charge < -0.3 is 16.2 Å². The van der Waals surface area contributed by atoms with Crippen LogP contribution < -0.4 is 11.5 Å². The summed E-state index contributed by atoms with van der Waals surface area (Å²) in [6, 6.07) is 3.49. The van der Waals surface area contributed by atoms with E-state index in [9.17, 15) is 4.79 Å². The molecule has 15 heavy (non-hydrogen) atoms. The Morgan fingerprint density at radius 2 is 1.93 bits per heavy atom. The summed E-state index contributed by atoms with van der Waals surface area (Å²) in [7, 11) is 0. The van der Waals surface area contributed by atoms with Gasteiger partial charge in [-0.25, -0.2) is 0 Å². The molecule has 0 saturated heterocycles. The van der Waals surface area contributed by atoms with Gasteiger partial charge in [0.25, 0.3) is 0 Å². The number of carbonyl (C=O) groups excluding carboxylic acids is 1. The van der Waals surface area contributed by atoms with E-state index in [4.69, 9.17) is 16.2 Å². The number of ether oxygens (including phenoxy) is 1. The van der Waals surface area contributed by atoms with Crippen LogP contribution in [0, 0.1) is 6.92 Å². The van der Waals surface area contributed by atoms with E-state index in [1.54, 1.807) is 19.1 Å². The molecule has 0 aromatic heterocycles. The van der Waals surface area contributed by atoms with Crippen molar-refractivity contribution in [2.45, 2.75) is 20.3 Å². The Morgan fingerprint density at radius 3 is 2.53 bits per heavy atom. The van der Waals surface area contributed by atoms with Crippen molar-refractivity contribution in [2.75, 3.05) is 18.1 Å². The molecule has 0 aliphatic heterocycles. The van der Waals surface area contributed by atoms with Gasteiger partial charge in [0.15, 0.2) is 0 Å². The number of hydrogen-bond acceptors (Lipinski definition) is 4. The average molecular weight is 208 g/mol. The van der Waals surface area contributed by atoms with E-state index in [-0.39, 0.29) is 12.4 Å². The molecular formula is C11H16N2O2. The highest BCUT2D eigenvalue weighted by molar-refractivity contribution is 5.75. The van der Waals surface area contributed by atoms with Crippen LogP contribution in [0.25, 0.3) is 0 Å². The van der Waals surface area contributed by atoms with Crippen molar-refractivity contribution >= 4 is 17.3 Å². The Kier molecular flexibility index (Phi) is 3.55. The lowest BCUT2D eigenvalue weighted by Gasteiger charge is -2.08. The highest BCUT2D eigenvalue weighted by Crippen LogP contribution is 2.21. The zero-order valence-corrected chi connectivity index (χ0v) is 9.04. The first kappa shape index (κ1) is 11.4. The molecule has 0 aliphatic carbocycles. The Labute approximate surface area is 89.2 Å². The monoisotopic (exact) mass is 208 g/mol. The summed E-state index contributed by atoms with van der Waals surface area (Å²) in [4.78, 5) is 11.3. The minimum atomic E-state index is -0.246. The molecule has 0 radical (unpaired) electrons. The number of esters is 1. The van der Waals surface area contributed by atoms with Crippen molar-refractivity contribution in [1.29, 1.82) is 0 Å². The highest BCUT2D eigenvalue weighted by atomic mass is 16.5. The summed E-state index contributed by atoms with van der Waals surface area (Å²) < 4.78 is 4.86. The normalized spacial score (nSPS) is 10.0. The van der Waals surface area contributed by atoms with E-state index in [0.29, 0.717) is 18.0 Å². The molecule has 4 heteroatoms. The Balaban J connectivity index is 2.86. The van der Waals surface area contributed by atoms with Crippen LogP contribution in [0.5, 0.6) is 0 Å². The standard InChI is InChI=1S/C11H16N2O2/c1-3-15-11(14)6-8-5-10(13)9(12)4-7(8)2/h4-5H,3,6,12-13H2,1-2H3. The summed E-state index contributed by atoms with van der Waals surface area (Å²) in [6.07, 6.45) is 0.240. The molecule has 0 bridgehead atoms. The molecule has 4 N–H and O–H groups in total. The quantitative estimate of drug-likeness (QED) is 0.579. The summed E-state index contributed by atoms with van der Waals surface area (Å²) in [5.74, 6) is -0.246. The Morgan fingerprint density at radius 1 is 1.33 bits per heavy atom. The predicted molar refractivity (Wildman–Crippen MR) is 60.3 cm³/mol. The van der Waals surface area contributed by atoms with E-state index in [0.717, 1.165) is 11.1 Å². The van der Waals surface area contributed by atoms with Crippen LogP contribution in [0.1, 0.15) is 18.1 Å². The first-order chi connectivity index (χ1) is 7.04. The average Bonchev–Trinajstić information content (AvgIpc) is 2.14. The van der Waals surface area contributed by atoms with Crippen LogP contribution in [-0.2, 0) is 16.0 Å². The van der Waals surface area contributed by atoms with Crippen molar-refractivity contribution in [3.8, 4) is 0 Å². The molecule has 0 amide bonds. The molecule has 0 atom stereocenters. The maximum absolute atomic E-state index is 11.3. The maximum atomic E-state index is 11.3. The molecule has 4 nitrogen and oxygen atoms in total. The minimum absolute atomic E-state index is 0.240. The lowest BCUT2D eigenvalue weighted by Crippen LogP contribution is -2.09. The van der Waals surface area contributed by atoms with Gasteiger partial charge in [-0.3, -0.25) is 4.79 Å². The van der Waals surface area contributed by atoms with Gasteiger partial charge >= 0.3 is 5.97 Å².